The molecule has 0 aliphatic heterocycles. The molecule has 1 saturated carbocycles. The van der Waals surface area contributed by atoms with Crippen LogP contribution in [0.2, 0.25) is 0 Å². The SMILES string of the molecule is ON=C(c1ccccc1)c1ccccc1C1CCCCC1. The summed E-state index contributed by atoms with van der Waals surface area (Å²) in [6.07, 6.45) is 6.43. The van der Waals surface area contributed by atoms with Crippen molar-refractivity contribution in [3.8, 4) is 0 Å². The number of rotatable bonds is 3. The summed E-state index contributed by atoms with van der Waals surface area (Å²) < 4.78 is 0. The molecule has 0 aromatic heterocycles. The summed E-state index contributed by atoms with van der Waals surface area (Å²) in [6, 6.07) is 18.3. The minimum Gasteiger partial charge on any atom is -0.410 e. The van der Waals surface area contributed by atoms with Gasteiger partial charge in [0.15, 0.2) is 0 Å². The summed E-state index contributed by atoms with van der Waals surface area (Å²) in [5.74, 6) is 0.593. The zero-order valence-corrected chi connectivity index (χ0v) is 12.2. The molecule has 1 N–H and O–H groups in total. The topological polar surface area (TPSA) is 32.6 Å². The van der Waals surface area contributed by atoms with Crippen LogP contribution in [0.5, 0.6) is 0 Å². The Bertz CT molecular complexity index is 612. The van der Waals surface area contributed by atoms with E-state index in [0.717, 1.165) is 11.1 Å². The standard InChI is InChI=1S/C19H21NO/c21-20-19(16-11-5-2-6-12-16)18-14-8-7-13-17(18)15-9-3-1-4-10-15/h2,5-8,11-15,21H,1,3-4,9-10H2. The van der Waals surface area contributed by atoms with E-state index in [1.54, 1.807) is 0 Å². The van der Waals surface area contributed by atoms with Crippen molar-refractivity contribution < 1.29 is 5.21 Å². The van der Waals surface area contributed by atoms with Crippen molar-refractivity contribution in [1.82, 2.24) is 0 Å². The molecule has 3 rings (SSSR count). The predicted octanol–water partition coefficient (Wildman–Crippen LogP) is 4.96. The van der Waals surface area contributed by atoms with E-state index in [1.807, 2.05) is 36.4 Å². The first kappa shape index (κ1) is 13.9. The minimum absolute atomic E-state index is 0.593. The number of benzene rings is 2. The Kier molecular flexibility index (Phi) is 4.34. The Morgan fingerprint density at radius 3 is 2.24 bits per heavy atom. The highest BCUT2D eigenvalue weighted by Gasteiger charge is 2.21. The van der Waals surface area contributed by atoms with Gasteiger partial charge in [-0.25, -0.2) is 0 Å². The fraction of sp³-hybridized carbons (Fsp3) is 0.316. The van der Waals surface area contributed by atoms with Crippen molar-refractivity contribution >= 4 is 5.71 Å². The van der Waals surface area contributed by atoms with E-state index in [1.165, 1.54) is 37.7 Å². The average Bonchev–Trinajstić information content (AvgIpc) is 2.58. The monoisotopic (exact) mass is 279 g/mol. The highest BCUT2D eigenvalue weighted by atomic mass is 16.4. The Labute approximate surface area is 126 Å². The zero-order chi connectivity index (χ0) is 14.5. The van der Waals surface area contributed by atoms with Crippen LogP contribution in [-0.4, -0.2) is 10.9 Å². The van der Waals surface area contributed by atoms with E-state index in [2.05, 4.69) is 23.4 Å². The third kappa shape index (κ3) is 2.99. The van der Waals surface area contributed by atoms with Crippen molar-refractivity contribution in [3.05, 3.63) is 71.3 Å². The first-order valence-corrected chi connectivity index (χ1v) is 7.77. The van der Waals surface area contributed by atoms with Crippen LogP contribution in [0.3, 0.4) is 0 Å². The summed E-state index contributed by atoms with van der Waals surface area (Å²) in [5, 5.41) is 13.1. The maximum Gasteiger partial charge on any atom is 0.117 e. The molecular weight excluding hydrogens is 258 g/mol. The van der Waals surface area contributed by atoms with Crippen molar-refractivity contribution in [1.29, 1.82) is 0 Å². The first-order chi connectivity index (χ1) is 10.4. The minimum atomic E-state index is 0.593. The fourth-order valence-electron chi connectivity index (χ4n) is 3.35. The van der Waals surface area contributed by atoms with Gasteiger partial charge in [-0.05, 0) is 24.3 Å². The van der Waals surface area contributed by atoms with Gasteiger partial charge in [-0.3, -0.25) is 0 Å². The molecule has 21 heavy (non-hydrogen) atoms. The van der Waals surface area contributed by atoms with Crippen molar-refractivity contribution in [3.63, 3.8) is 0 Å². The Morgan fingerprint density at radius 2 is 1.52 bits per heavy atom. The van der Waals surface area contributed by atoms with Crippen LogP contribution in [0.1, 0.15) is 54.7 Å². The molecule has 1 aliphatic rings. The van der Waals surface area contributed by atoms with Crippen LogP contribution in [0.4, 0.5) is 0 Å². The maximum absolute atomic E-state index is 9.54. The number of hydrogen-bond donors (Lipinski definition) is 1. The molecule has 0 unspecified atom stereocenters. The van der Waals surface area contributed by atoms with E-state index < -0.39 is 0 Å². The van der Waals surface area contributed by atoms with Crippen molar-refractivity contribution in [2.45, 2.75) is 38.0 Å². The van der Waals surface area contributed by atoms with Gasteiger partial charge >= 0.3 is 0 Å². The van der Waals surface area contributed by atoms with Crippen LogP contribution in [0.25, 0.3) is 0 Å². The Balaban J connectivity index is 2.01. The molecule has 2 nitrogen and oxygen atoms in total. The molecule has 1 aliphatic carbocycles. The van der Waals surface area contributed by atoms with Crippen LogP contribution in [-0.2, 0) is 0 Å². The van der Waals surface area contributed by atoms with Gasteiger partial charge in [0.05, 0.1) is 0 Å². The van der Waals surface area contributed by atoms with Gasteiger partial charge in [0, 0.05) is 11.1 Å². The van der Waals surface area contributed by atoms with Gasteiger partial charge < -0.3 is 5.21 Å². The number of nitrogens with zero attached hydrogens (tertiary/aromatic N) is 1. The molecule has 0 radical (unpaired) electrons. The highest BCUT2D eigenvalue weighted by Crippen LogP contribution is 2.35. The lowest BCUT2D eigenvalue weighted by atomic mass is 9.80. The molecular formula is C19H21NO. The second kappa shape index (κ2) is 6.57. The molecule has 0 atom stereocenters. The summed E-state index contributed by atoms with van der Waals surface area (Å²) in [5.41, 5.74) is 4.03. The van der Waals surface area contributed by atoms with Gasteiger partial charge in [0.2, 0.25) is 0 Å². The zero-order valence-electron chi connectivity index (χ0n) is 12.2. The summed E-state index contributed by atoms with van der Waals surface area (Å²) in [7, 11) is 0. The van der Waals surface area contributed by atoms with Crippen LogP contribution in [0.15, 0.2) is 59.8 Å². The van der Waals surface area contributed by atoms with Crippen molar-refractivity contribution in [2.24, 2.45) is 5.16 Å². The van der Waals surface area contributed by atoms with E-state index in [0.29, 0.717) is 11.6 Å². The number of oxime groups is 1. The summed E-state index contributed by atoms with van der Waals surface area (Å²) in [6.45, 7) is 0. The van der Waals surface area contributed by atoms with Gasteiger partial charge in [-0.15, -0.1) is 0 Å². The highest BCUT2D eigenvalue weighted by molar-refractivity contribution is 6.13. The second-order valence-corrected chi connectivity index (χ2v) is 5.74. The Morgan fingerprint density at radius 1 is 0.857 bits per heavy atom. The fourth-order valence-corrected chi connectivity index (χ4v) is 3.35. The van der Waals surface area contributed by atoms with E-state index in [4.69, 9.17) is 0 Å². The molecule has 0 spiro atoms. The quantitative estimate of drug-likeness (QED) is 0.480. The van der Waals surface area contributed by atoms with Crippen LogP contribution >= 0.6 is 0 Å². The molecule has 0 saturated heterocycles. The normalized spacial score (nSPS) is 16.9. The van der Waals surface area contributed by atoms with E-state index in [-0.39, 0.29) is 0 Å². The maximum atomic E-state index is 9.54. The lowest BCUT2D eigenvalue weighted by Crippen LogP contribution is -2.12. The molecule has 2 heteroatoms. The smallest absolute Gasteiger partial charge is 0.117 e. The van der Waals surface area contributed by atoms with Crippen molar-refractivity contribution in [2.75, 3.05) is 0 Å². The van der Waals surface area contributed by atoms with Gasteiger partial charge in [0.25, 0.3) is 0 Å². The molecule has 1 fully saturated rings. The third-order valence-electron chi connectivity index (χ3n) is 4.41. The lowest BCUT2D eigenvalue weighted by Gasteiger charge is -2.24. The van der Waals surface area contributed by atoms with E-state index in [9.17, 15) is 5.21 Å². The first-order valence-electron chi connectivity index (χ1n) is 7.77. The second-order valence-electron chi connectivity index (χ2n) is 5.74. The molecule has 0 bridgehead atoms. The summed E-state index contributed by atoms with van der Waals surface area (Å²) >= 11 is 0. The molecule has 0 heterocycles. The molecule has 2 aromatic rings. The third-order valence-corrected chi connectivity index (χ3v) is 4.41. The van der Waals surface area contributed by atoms with Crippen LogP contribution in [0, 0.1) is 0 Å². The van der Waals surface area contributed by atoms with E-state index >= 15 is 0 Å². The van der Waals surface area contributed by atoms with Gasteiger partial charge in [-0.1, -0.05) is 79.0 Å². The molecule has 2 aromatic carbocycles. The molecule has 108 valence electrons. The lowest BCUT2D eigenvalue weighted by molar-refractivity contribution is 0.319. The largest absolute Gasteiger partial charge is 0.410 e. The van der Waals surface area contributed by atoms with Crippen LogP contribution < -0.4 is 0 Å². The predicted molar refractivity (Wildman–Crippen MR) is 86.1 cm³/mol. The van der Waals surface area contributed by atoms with Gasteiger partial charge in [0.1, 0.15) is 5.71 Å². The Hall–Kier alpha value is -2.09. The van der Waals surface area contributed by atoms with Gasteiger partial charge in [-0.2, -0.15) is 0 Å². The molecule has 0 amide bonds. The summed E-state index contributed by atoms with van der Waals surface area (Å²) in [4.78, 5) is 0. The average molecular weight is 279 g/mol. The number of hydrogen-bond acceptors (Lipinski definition) is 2.